The first kappa shape index (κ1) is 13.5. The fourth-order valence-corrected chi connectivity index (χ4v) is 0.472. The highest BCUT2D eigenvalue weighted by Crippen LogP contribution is 1.88. The van der Waals surface area contributed by atoms with Crippen LogP contribution in [0.25, 0.3) is 0 Å². The molecule has 0 aliphatic carbocycles. The summed E-state index contributed by atoms with van der Waals surface area (Å²) in [6, 6.07) is 1.59. The van der Waals surface area contributed by atoms with Crippen LogP contribution in [0, 0.1) is 11.3 Å². The van der Waals surface area contributed by atoms with Crippen LogP contribution in [-0.4, -0.2) is 12.5 Å². The molecule has 70 valence electrons. The maximum Gasteiger partial charge on any atom is 0.231 e. The number of nitrogens with two attached hydrogens (primary N) is 2. The van der Waals surface area contributed by atoms with Crippen molar-refractivity contribution < 1.29 is 4.79 Å². The van der Waals surface area contributed by atoms with Crippen molar-refractivity contribution in [3.63, 3.8) is 0 Å². The highest BCUT2D eigenvalue weighted by atomic mass is 16.1. The third-order valence-electron chi connectivity index (χ3n) is 1.06. The van der Waals surface area contributed by atoms with Gasteiger partial charge in [0.25, 0.3) is 0 Å². The van der Waals surface area contributed by atoms with Gasteiger partial charge in [0.1, 0.15) is 6.42 Å². The smallest absolute Gasteiger partial charge is 0.231 e. The van der Waals surface area contributed by atoms with Gasteiger partial charge in [-0.15, -0.1) is 0 Å². The van der Waals surface area contributed by atoms with Gasteiger partial charge in [-0.1, -0.05) is 19.8 Å². The molecule has 0 heterocycles. The third kappa shape index (κ3) is 23.1. The van der Waals surface area contributed by atoms with Crippen LogP contribution >= 0.6 is 0 Å². The molecule has 0 spiro atoms. The van der Waals surface area contributed by atoms with Crippen LogP contribution in [0.5, 0.6) is 0 Å². The van der Waals surface area contributed by atoms with Gasteiger partial charge >= 0.3 is 0 Å². The van der Waals surface area contributed by atoms with Gasteiger partial charge < -0.3 is 11.5 Å². The summed E-state index contributed by atoms with van der Waals surface area (Å²) in [4.78, 5) is 9.60. The van der Waals surface area contributed by atoms with Crippen molar-refractivity contribution in [1.82, 2.24) is 0 Å². The number of hydrogen-bond acceptors (Lipinski definition) is 3. The summed E-state index contributed by atoms with van der Waals surface area (Å²) < 4.78 is 0. The number of rotatable bonds is 4. The molecule has 0 aliphatic heterocycles. The molecular weight excluding hydrogens is 154 g/mol. The van der Waals surface area contributed by atoms with Gasteiger partial charge in [-0.2, -0.15) is 5.26 Å². The molecule has 12 heavy (non-hydrogen) atoms. The van der Waals surface area contributed by atoms with E-state index in [1.54, 1.807) is 6.07 Å². The van der Waals surface area contributed by atoms with E-state index in [1.165, 1.54) is 19.3 Å². The molecule has 0 fully saturated rings. The predicted octanol–water partition coefficient (Wildman–Crippen LogP) is 0.521. The van der Waals surface area contributed by atoms with Gasteiger partial charge in [-0.25, -0.2) is 0 Å². The van der Waals surface area contributed by atoms with Gasteiger partial charge in [0.15, 0.2) is 0 Å². The summed E-state index contributed by atoms with van der Waals surface area (Å²) in [5.74, 6) is -0.572. The van der Waals surface area contributed by atoms with E-state index in [0.717, 1.165) is 6.54 Å². The number of hydrogen-bond donors (Lipinski definition) is 2. The zero-order chi connectivity index (χ0) is 9.82. The topological polar surface area (TPSA) is 92.9 Å². The average molecular weight is 171 g/mol. The van der Waals surface area contributed by atoms with Crippen LogP contribution in [0.1, 0.15) is 32.6 Å². The molecule has 0 unspecified atom stereocenters. The Balaban J connectivity index is 0. The standard InChI is InChI=1S/C5H13N.C3H4N2O/c1-2-3-4-5-6;4-2-1-3(5)6/h2-6H2,1H3;1H2,(H2,5,6). The van der Waals surface area contributed by atoms with E-state index in [-0.39, 0.29) is 6.42 Å². The van der Waals surface area contributed by atoms with Crippen molar-refractivity contribution in [2.45, 2.75) is 32.6 Å². The molecular formula is C8H17N3O. The van der Waals surface area contributed by atoms with Crippen molar-refractivity contribution >= 4 is 5.91 Å². The average Bonchev–Trinajstić information content (AvgIpc) is 2.02. The minimum atomic E-state index is -0.572. The lowest BCUT2D eigenvalue weighted by Gasteiger charge is -1.86. The van der Waals surface area contributed by atoms with E-state index in [1.807, 2.05) is 0 Å². The number of unbranched alkanes of at least 4 members (excludes halogenated alkanes) is 2. The number of nitriles is 1. The van der Waals surface area contributed by atoms with Crippen molar-refractivity contribution in [2.24, 2.45) is 11.5 Å². The van der Waals surface area contributed by atoms with Crippen LogP contribution in [0.3, 0.4) is 0 Å². The molecule has 0 rings (SSSR count). The van der Waals surface area contributed by atoms with Crippen LogP contribution in [-0.2, 0) is 4.79 Å². The third-order valence-corrected chi connectivity index (χ3v) is 1.06. The van der Waals surface area contributed by atoms with E-state index >= 15 is 0 Å². The second-order valence-electron chi connectivity index (χ2n) is 2.30. The fraction of sp³-hybridized carbons (Fsp3) is 0.750. The second kappa shape index (κ2) is 12.6. The van der Waals surface area contributed by atoms with E-state index in [0.29, 0.717) is 0 Å². The normalized spacial score (nSPS) is 7.75. The van der Waals surface area contributed by atoms with Gasteiger partial charge in [0.2, 0.25) is 5.91 Å². The Morgan fingerprint density at radius 3 is 2.17 bits per heavy atom. The Hall–Kier alpha value is -1.08. The molecule has 0 bridgehead atoms. The van der Waals surface area contributed by atoms with Gasteiger partial charge in [-0.05, 0) is 13.0 Å². The molecule has 4 N–H and O–H groups in total. The molecule has 0 saturated carbocycles. The summed E-state index contributed by atoms with van der Waals surface area (Å²) in [5, 5.41) is 7.69. The van der Waals surface area contributed by atoms with E-state index in [4.69, 9.17) is 11.0 Å². The van der Waals surface area contributed by atoms with Crippen molar-refractivity contribution in [3.8, 4) is 6.07 Å². The first-order chi connectivity index (χ1) is 5.68. The number of carbonyl (C=O) groups excluding carboxylic acids is 1. The molecule has 0 aromatic rings. The van der Waals surface area contributed by atoms with Crippen LogP contribution in [0.2, 0.25) is 0 Å². The second-order valence-corrected chi connectivity index (χ2v) is 2.30. The molecule has 0 radical (unpaired) electrons. The monoisotopic (exact) mass is 171 g/mol. The van der Waals surface area contributed by atoms with Crippen LogP contribution in [0.4, 0.5) is 0 Å². The minimum absolute atomic E-state index is 0.181. The fourth-order valence-electron chi connectivity index (χ4n) is 0.472. The van der Waals surface area contributed by atoms with Gasteiger partial charge in [0.05, 0.1) is 6.07 Å². The molecule has 0 aromatic carbocycles. The maximum absolute atomic E-state index is 9.60. The van der Waals surface area contributed by atoms with Crippen molar-refractivity contribution in [1.29, 1.82) is 5.26 Å². The number of carbonyl (C=O) groups is 1. The minimum Gasteiger partial charge on any atom is -0.369 e. The highest BCUT2D eigenvalue weighted by molar-refractivity contribution is 5.75. The Bertz CT molecular complexity index is 136. The molecule has 0 aromatic heterocycles. The first-order valence-electron chi connectivity index (χ1n) is 4.04. The number of amides is 1. The Labute approximate surface area is 73.5 Å². The Morgan fingerprint density at radius 2 is 2.08 bits per heavy atom. The van der Waals surface area contributed by atoms with E-state index in [2.05, 4.69) is 12.7 Å². The number of primary amides is 1. The summed E-state index contributed by atoms with van der Waals surface area (Å²) in [6.45, 7) is 3.03. The van der Waals surface area contributed by atoms with E-state index < -0.39 is 5.91 Å². The van der Waals surface area contributed by atoms with Crippen molar-refractivity contribution in [3.05, 3.63) is 0 Å². The zero-order valence-electron chi connectivity index (χ0n) is 7.55. The van der Waals surface area contributed by atoms with Gasteiger partial charge in [-0.3, -0.25) is 4.79 Å². The molecule has 4 nitrogen and oxygen atoms in total. The summed E-state index contributed by atoms with van der Waals surface area (Å²) >= 11 is 0. The Kier molecular flexibility index (Phi) is 14.2. The zero-order valence-corrected chi connectivity index (χ0v) is 7.55. The highest BCUT2D eigenvalue weighted by Gasteiger charge is 1.84. The first-order valence-corrected chi connectivity index (χ1v) is 4.04. The maximum atomic E-state index is 9.60. The quantitative estimate of drug-likeness (QED) is 0.604. The van der Waals surface area contributed by atoms with E-state index in [9.17, 15) is 4.79 Å². The summed E-state index contributed by atoms with van der Waals surface area (Å²) in [6.07, 6.45) is 3.57. The lowest BCUT2D eigenvalue weighted by Crippen LogP contribution is -2.07. The number of nitrogens with zero attached hydrogens (tertiary/aromatic N) is 1. The largest absolute Gasteiger partial charge is 0.369 e. The summed E-state index contributed by atoms with van der Waals surface area (Å²) in [7, 11) is 0. The molecule has 1 amide bonds. The molecule has 4 heteroatoms. The lowest BCUT2D eigenvalue weighted by molar-refractivity contribution is -0.117. The van der Waals surface area contributed by atoms with Gasteiger partial charge in [0, 0.05) is 0 Å². The van der Waals surface area contributed by atoms with Crippen LogP contribution < -0.4 is 11.5 Å². The lowest BCUT2D eigenvalue weighted by atomic mass is 10.3. The predicted molar refractivity (Wildman–Crippen MR) is 48.0 cm³/mol. The van der Waals surface area contributed by atoms with Crippen LogP contribution in [0.15, 0.2) is 0 Å². The molecule has 0 aliphatic rings. The Morgan fingerprint density at radius 1 is 1.50 bits per heavy atom. The SMILES string of the molecule is CCCCCN.N#CCC(N)=O. The van der Waals surface area contributed by atoms with Crippen molar-refractivity contribution in [2.75, 3.05) is 6.54 Å². The molecule has 0 saturated heterocycles. The molecule has 0 atom stereocenters. The summed E-state index contributed by atoms with van der Waals surface area (Å²) in [5.41, 5.74) is 9.76.